The third-order valence-electron chi connectivity index (χ3n) is 4.00. The van der Waals surface area contributed by atoms with Crippen molar-refractivity contribution in [3.05, 3.63) is 71.9 Å². The Balaban J connectivity index is 1.88. The van der Waals surface area contributed by atoms with Gasteiger partial charge in [-0.1, -0.05) is 36.4 Å². The number of ketones is 1. The number of hydrogen-bond acceptors (Lipinski definition) is 6. The lowest BCUT2D eigenvalue weighted by Crippen LogP contribution is -2.47. The molecule has 3 N–H and O–H groups in total. The predicted molar refractivity (Wildman–Crippen MR) is 100 cm³/mol. The van der Waals surface area contributed by atoms with Crippen LogP contribution in [-0.4, -0.2) is 33.6 Å². The Morgan fingerprint density at radius 1 is 1.11 bits per heavy atom. The molecule has 0 aliphatic carbocycles. The lowest BCUT2D eigenvalue weighted by Gasteiger charge is -2.15. The molecule has 2 heterocycles. The lowest BCUT2D eigenvalue weighted by molar-refractivity contribution is -0.137. The standard InChI is InChI=1S/C20H18N4O4/c1-12-23-16(14-9-5-6-10-22-14)18(28-12)20(27)24-15(17(25)19(21)26)11-13-7-3-2-4-8-13/h2-10,15H,11H2,1H3,(H2,21,26)(H,24,27). The van der Waals surface area contributed by atoms with Gasteiger partial charge in [0, 0.05) is 19.5 Å². The molecule has 2 aromatic heterocycles. The normalized spacial score (nSPS) is 11.6. The molecule has 0 fully saturated rings. The first kappa shape index (κ1) is 19.0. The summed E-state index contributed by atoms with van der Waals surface area (Å²) in [4.78, 5) is 44.8. The summed E-state index contributed by atoms with van der Waals surface area (Å²) < 4.78 is 5.43. The van der Waals surface area contributed by atoms with Gasteiger partial charge >= 0.3 is 0 Å². The van der Waals surface area contributed by atoms with E-state index in [0.717, 1.165) is 5.56 Å². The van der Waals surface area contributed by atoms with Crippen LogP contribution < -0.4 is 11.1 Å². The molecular formula is C20H18N4O4. The van der Waals surface area contributed by atoms with Gasteiger partial charge in [-0.2, -0.15) is 0 Å². The van der Waals surface area contributed by atoms with Crippen LogP contribution in [-0.2, 0) is 16.0 Å². The van der Waals surface area contributed by atoms with Gasteiger partial charge in [0.15, 0.2) is 5.89 Å². The summed E-state index contributed by atoms with van der Waals surface area (Å²) in [6.07, 6.45) is 1.68. The topological polar surface area (TPSA) is 128 Å². The first-order valence-corrected chi connectivity index (χ1v) is 8.53. The summed E-state index contributed by atoms with van der Waals surface area (Å²) in [7, 11) is 0. The molecule has 0 aliphatic heterocycles. The molecule has 1 unspecified atom stereocenters. The number of oxazole rings is 1. The average molecular weight is 378 g/mol. The van der Waals surface area contributed by atoms with Crippen LogP contribution >= 0.6 is 0 Å². The van der Waals surface area contributed by atoms with E-state index >= 15 is 0 Å². The smallest absolute Gasteiger partial charge is 0.290 e. The Morgan fingerprint density at radius 3 is 2.46 bits per heavy atom. The number of pyridine rings is 1. The van der Waals surface area contributed by atoms with Gasteiger partial charge in [0.2, 0.25) is 11.5 Å². The van der Waals surface area contributed by atoms with Crippen molar-refractivity contribution >= 4 is 17.6 Å². The third kappa shape index (κ3) is 4.29. The number of amides is 2. The fourth-order valence-corrected chi connectivity index (χ4v) is 2.71. The second-order valence-electron chi connectivity index (χ2n) is 6.07. The summed E-state index contributed by atoms with van der Waals surface area (Å²) in [6.45, 7) is 1.60. The maximum absolute atomic E-state index is 12.8. The van der Waals surface area contributed by atoms with Gasteiger partial charge in [-0.05, 0) is 17.7 Å². The molecule has 1 aromatic carbocycles. The zero-order valence-corrected chi connectivity index (χ0v) is 15.1. The van der Waals surface area contributed by atoms with Gasteiger partial charge in [0.1, 0.15) is 11.7 Å². The summed E-state index contributed by atoms with van der Waals surface area (Å²) in [5.41, 5.74) is 6.61. The zero-order valence-electron chi connectivity index (χ0n) is 15.1. The van der Waals surface area contributed by atoms with E-state index in [9.17, 15) is 14.4 Å². The summed E-state index contributed by atoms with van der Waals surface area (Å²) in [5, 5.41) is 2.54. The maximum atomic E-state index is 12.8. The Bertz CT molecular complexity index is 1000. The predicted octanol–water partition coefficient (Wildman–Crippen LogP) is 1.44. The molecule has 0 saturated heterocycles. The molecule has 28 heavy (non-hydrogen) atoms. The zero-order chi connectivity index (χ0) is 20.1. The number of carbonyl (C=O) groups is 3. The molecule has 1 atom stereocenters. The number of Topliss-reactive ketones (excluding diaryl/α,β-unsaturated/α-hetero) is 1. The SMILES string of the molecule is Cc1nc(-c2ccccn2)c(C(=O)NC(Cc2ccccc2)C(=O)C(N)=O)o1. The number of aryl methyl sites for hydroxylation is 1. The molecule has 8 heteroatoms. The Morgan fingerprint density at radius 2 is 1.82 bits per heavy atom. The van der Waals surface area contributed by atoms with E-state index in [4.69, 9.17) is 10.2 Å². The first-order valence-electron chi connectivity index (χ1n) is 8.53. The maximum Gasteiger partial charge on any atom is 0.290 e. The minimum absolute atomic E-state index is 0.0912. The van der Waals surface area contributed by atoms with E-state index in [1.807, 2.05) is 6.07 Å². The van der Waals surface area contributed by atoms with E-state index in [1.54, 1.807) is 55.6 Å². The van der Waals surface area contributed by atoms with Gasteiger partial charge in [-0.15, -0.1) is 0 Å². The van der Waals surface area contributed by atoms with E-state index in [0.29, 0.717) is 5.69 Å². The average Bonchev–Trinajstić information content (AvgIpc) is 3.10. The summed E-state index contributed by atoms with van der Waals surface area (Å²) in [6, 6.07) is 13.0. The highest BCUT2D eigenvalue weighted by Gasteiger charge is 2.29. The number of nitrogens with one attached hydrogen (secondary N) is 1. The van der Waals surface area contributed by atoms with Crippen LogP contribution in [0.3, 0.4) is 0 Å². The molecule has 142 valence electrons. The first-order chi connectivity index (χ1) is 13.5. The molecule has 0 bridgehead atoms. The van der Waals surface area contributed by atoms with Crippen molar-refractivity contribution in [2.75, 3.05) is 0 Å². The molecule has 3 aromatic rings. The second kappa shape index (κ2) is 8.26. The van der Waals surface area contributed by atoms with Crippen molar-refractivity contribution < 1.29 is 18.8 Å². The largest absolute Gasteiger partial charge is 0.435 e. The van der Waals surface area contributed by atoms with E-state index in [2.05, 4.69) is 15.3 Å². The number of hydrogen-bond donors (Lipinski definition) is 2. The van der Waals surface area contributed by atoms with Crippen molar-refractivity contribution in [2.24, 2.45) is 5.73 Å². The lowest BCUT2D eigenvalue weighted by atomic mass is 10.0. The molecule has 0 spiro atoms. The number of nitrogens with zero attached hydrogens (tertiary/aromatic N) is 2. The third-order valence-corrected chi connectivity index (χ3v) is 4.00. The minimum Gasteiger partial charge on any atom is -0.435 e. The van der Waals surface area contributed by atoms with E-state index in [-0.39, 0.29) is 23.8 Å². The Kier molecular flexibility index (Phi) is 5.59. The molecule has 0 saturated carbocycles. The second-order valence-corrected chi connectivity index (χ2v) is 6.07. The fourth-order valence-electron chi connectivity index (χ4n) is 2.71. The summed E-state index contributed by atoms with van der Waals surface area (Å²) >= 11 is 0. The van der Waals surface area contributed by atoms with E-state index in [1.165, 1.54) is 0 Å². The van der Waals surface area contributed by atoms with Crippen molar-refractivity contribution in [3.63, 3.8) is 0 Å². The summed E-state index contributed by atoms with van der Waals surface area (Å²) in [5.74, 6) is -2.53. The van der Waals surface area contributed by atoms with Crippen LogP contribution in [0.5, 0.6) is 0 Å². The minimum atomic E-state index is -1.13. The van der Waals surface area contributed by atoms with Crippen LogP contribution in [0.1, 0.15) is 22.0 Å². The highest BCUT2D eigenvalue weighted by molar-refractivity contribution is 6.38. The van der Waals surface area contributed by atoms with Crippen LogP contribution in [0.2, 0.25) is 0 Å². The quantitative estimate of drug-likeness (QED) is 0.599. The Hall–Kier alpha value is -3.81. The van der Waals surface area contributed by atoms with Gasteiger partial charge < -0.3 is 15.5 Å². The molecule has 3 rings (SSSR count). The van der Waals surface area contributed by atoms with Crippen molar-refractivity contribution in [1.29, 1.82) is 0 Å². The number of primary amides is 1. The number of benzene rings is 1. The highest BCUT2D eigenvalue weighted by atomic mass is 16.4. The Labute approximate surface area is 160 Å². The van der Waals surface area contributed by atoms with Crippen molar-refractivity contribution in [2.45, 2.75) is 19.4 Å². The van der Waals surface area contributed by atoms with Crippen molar-refractivity contribution in [1.82, 2.24) is 15.3 Å². The van der Waals surface area contributed by atoms with Crippen LogP contribution in [0.25, 0.3) is 11.4 Å². The van der Waals surface area contributed by atoms with Gasteiger partial charge in [-0.3, -0.25) is 19.4 Å². The van der Waals surface area contributed by atoms with Crippen LogP contribution in [0.4, 0.5) is 0 Å². The fraction of sp³-hybridized carbons (Fsp3) is 0.150. The van der Waals surface area contributed by atoms with Crippen molar-refractivity contribution in [3.8, 4) is 11.4 Å². The number of carbonyl (C=O) groups excluding carboxylic acids is 3. The van der Waals surface area contributed by atoms with Crippen LogP contribution in [0.15, 0.2) is 59.1 Å². The monoisotopic (exact) mass is 378 g/mol. The molecular weight excluding hydrogens is 360 g/mol. The molecule has 0 aliphatic rings. The molecule has 2 amide bonds. The van der Waals surface area contributed by atoms with Gasteiger partial charge in [-0.25, -0.2) is 4.98 Å². The number of nitrogens with two attached hydrogens (primary N) is 1. The highest BCUT2D eigenvalue weighted by Crippen LogP contribution is 2.22. The number of aromatic nitrogens is 2. The van der Waals surface area contributed by atoms with Crippen LogP contribution in [0, 0.1) is 6.92 Å². The number of rotatable bonds is 7. The van der Waals surface area contributed by atoms with Gasteiger partial charge in [0.05, 0.1) is 5.69 Å². The van der Waals surface area contributed by atoms with Gasteiger partial charge in [0.25, 0.3) is 11.8 Å². The molecule has 8 nitrogen and oxygen atoms in total. The molecule has 0 radical (unpaired) electrons. The van der Waals surface area contributed by atoms with E-state index < -0.39 is 23.6 Å².